The van der Waals surface area contributed by atoms with Gasteiger partial charge in [-0.15, -0.1) is 13.2 Å². The molecule has 2 N–H and O–H groups in total. The van der Waals surface area contributed by atoms with Crippen LogP contribution in [-0.2, 0) is 14.3 Å². The van der Waals surface area contributed by atoms with Crippen LogP contribution in [-0.4, -0.2) is 36.8 Å². The first-order chi connectivity index (χ1) is 15.9. The molecule has 0 aliphatic heterocycles. The van der Waals surface area contributed by atoms with E-state index in [2.05, 4.69) is 18.5 Å². The maximum absolute atomic E-state index is 12.5. The number of hydrogen-bond donors (Lipinski definition) is 2. The maximum atomic E-state index is 12.5. The zero-order valence-corrected chi connectivity index (χ0v) is 19.4. The molecule has 6 nitrogen and oxygen atoms in total. The van der Waals surface area contributed by atoms with Gasteiger partial charge in [0.25, 0.3) is 0 Å². The monoisotopic (exact) mass is 451 g/mol. The maximum Gasteiger partial charge on any atom is 0.307 e. The summed E-state index contributed by atoms with van der Waals surface area (Å²) in [5, 5.41) is 12.9. The van der Waals surface area contributed by atoms with Crippen molar-refractivity contribution in [3.8, 4) is 16.9 Å². The fourth-order valence-corrected chi connectivity index (χ4v) is 3.47. The number of rotatable bonds is 13. The molecule has 0 spiro atoms. The number of aryl methyl sites for hydroxylation is 1. The van der Waals surface area contributed by atoms with Crippen LogP contribution in [0, 0.1) is 6.92 Å². The van der Waals surface area contributed by atoms with Crippen molar-refractivity contribution in [2.75, 3.05) is 13.7 Å². The lowest BCUT2D eigenvalue weighted by Gasteiger charge is -2.21. The molecule has 0 bridgehead atoms. The van der Waals surface area contributed by atoms with E-state index in [1.807, 2.05) is 49.4 Å². The Morgan fingerprint density at radius 2 is 1.85 bits per heavy atom. The molecule has 0 saturated carbocycles. The largest absolute Gasteiger partial charge is 0.493 e. The number of hydrogen-bond acceptors (Lipinski definition) is 5. The number of allylic oxidation sites excluding steroid dienone is 1. The van der Waals surface area contributed by atoms with Crippen LogP contribution < -0.4 is 10.1 Å². The zero-order chi connectivity index (χ0) is 24.2. The van der Waals surface area contributed by atoms with Crippen molar-refractivity contribution in [2.24, 2.45) is 0 Å². The second kappa shape index (κ2) is 13.2. The molecule has 0 aliphatic rings. The molecule has 6 heteroatoms. The minimum absolute atomic E-state index is 0.0592. The molecule has 2 atom stereocenters. The highest BCUT2D eigenvalue weighted by Gasteiger charge is 2.23. The predicted molar refractivity (Wildman–Crippen MR) is 130 cm³/mol. The summed E-state index contributed by atoms with van der Waals surface area (Å²) >= 11 is 0. The van der Waals surface area contributed by atoms with Gasteiger partial charge in [-0.1, -0.05) is 42.5 Å². The van der Waals surface area contributed by atoms with Gasteiger partial charge in [-0.25, -0.2) is 0 Å². The lowest BCUT2D eigenvalue weighted by Crippen LogP contribution is -2.38. The molecule has 2 rings (SSSR count). The summed E-state index contributed by atoms with van der Waals surface area (Å²) in [6.45, 7) is 9.86. The Balaban J connectivity index is 2.38. The molecule has 2 aromatic carbocycles. The van der Waals surface area contributed by atoms with Gasteiger partial charge in [0.1, 0.15) is 11.9 Å². The summed E-state index contributed by atoms with van der Waals surface area (Å²) in [4.78, 5) is 24.6. The van der Waals surface area contributed by atoms with Crippen LogP contribution in [0.2, 0.25) is 0 Å². The SMILES string of the molecule is C=CCCOc1cccc(C)c1-c1cccc([C@H](CC(=O)OC)NC(=O)[C@H](O)CCC=C)c1. The zero-order valence-electron chi connectivity index (χ0n) is 19.4. The summed E-state index contributed by atoms with van der Waals surface area (Å²) in [6, 6.07) is 12.8. The van der Waals surface area contributed by atoms with E-state index in [4.69, 9.17) is 9.47 Å². The summed E-state index contributed by atoms with van der Waals surface area (Å²) in [5.41, 5.74) is 3.60. The van der Waals surface area contributed by atoms with Gasteiger partial charge < -0.3 is 19.9 Å². The number of nitrogens with one attached hydrogen (secondary N) is 1. The molecule has 0 radical (unpaired) electrons. The average molecular weight is 452 g/mol. The lowest BCUT2D eigenvalue weighted by molar-refractivity contribution is -0.141. The Morgan fingerprint density at radius 3 is 2.55 bits per heavy atom. The van der Waals surface area contributed by atoms with Crippen LogP contribution in [0.4, 0.5) is 0 Å². The van der Waals surface area contributed by atoms with Gasteiger partial charge in [-0.2, -0.15) is 0 Å². The van der Waals surface area contributed by atoms with E-state index in [0.717, 1.165) is 34.4 Å². The molecule has 176 valence electrons. The van der Waals surface area contributed by atoms with Crippen LogP contribution in [0.1, 0.15) is 42.9 Å². The molecular formula is C27H33NO5. The minimum Gasteiger partial charge on any atom is -0.493 e. The quantitative estimate of drug-likeness (QED) is 0.263. The Hall–Kier alpha value is -3.38. The molecular weight excluding hydrogens is 418 g/mol. The van der Waals surface area contributed by atoms with Gasteiger partial charge in [0.15, 0.2) is 0 Å². The normalized spacial score (nSPS) is 12.3. The molecule has 0 saturated heterocycles. The van der Waals surface area contributed by atoms with Crippen molar-refractivity contribution < 1.29 is 24.2 Å². The van der Waals surface area contributed by atoms with Crippen molar-refractivity contribution in [1.29, 1.82) is 0 Å². The first kappa shape index (κ1) is 25.9. The van der Waals surface area contributed by atoms with Crippen molar-refractivity contribution in [2.45, 2.75) is 44.8 Å². The average Bonchev–Trinajstić information content (AvgIpc) is 2.82. The second-order valence-electron chi connectivity index (χ2n) is 7.72. The van der Waals surface area contributed by atoms with Crippen molar-refractivity contribution in [3.05, 3.63) is 78.9 Å². The minimum atomic E-state index is -1.19. The third-order valence-corrected chi connectivity index (χ3v) is 5.25. The van der Waals surface area contributed by atoms with Gasteiger partial charge >= 0.3 is 5.97 Å². The van der Waals surface area contributed by atoms with Crippen molar-refractivity contribution in [3.63, 3.8) is 0 Å². The van der Waals surface area contributed by atoms with Crippen LogP contribution in [0.15, 0.2) is 67.8 Å². The van der Waals surface area contributed by atoms with Crippen molar-refractivity contribution >= 4 is 11.9 Å². The fourth-order valence-electron chi connectivity index (χ4n) is 3.47. The van der Waals surface area contributed by atoms with E-state index in [9.17, 15) is 14.7 Å². The molecule has 0 aliphatic carbocycles. The summed E-state index contributed by atoms with van der Waals surface area (Å²) < 4.78 is 10.8. The molecule has 2 aromatic rings. The highest BCUT2D eigenvalue weighted by Crippen LogP contribution is 2.35. The first-order valence-electron chi connectivity index (χ1n) is 11.0. The van der Waals surface area contributed by atoms with Crippen molar-refractivity contribution in [1.82, 2.24) is 5.32 Å². The number of aliphatic hydroxyl groups excluding tert-OH is 1. The van der Waals surface area contributed by atoms with Gasteiger partial charge in [0, 0.05) is 5.56 Å². The second-order valence-corrected chi connectivity index (χ2v) is 7.72. The van der Waals surface area contributed by atoms with E-state index in [1.54, 1.807) is 12.2 Å². The number of amides is 1. The number of aliphatic hydroxyl groups is 1. The van der Waals surface area contributed by atoms with Gasteiger partial charge in [-0.05, 0) is 55.0 Å². The molecule has 0 unspecified atom stereocenters. The number of carbonyl (C=O) groups excluding carboxylic acids is 2. The van der Waals surface area contributed by atoms with Gasteiger partial charge in [-0.3, -0.25) is 9.59 Å². The van der Waals surface area contributed by atoms with E-state index >= 15 is 0 Å². The third-order valence-electron chi connectivity index (χ3n) is 5.25. The number of esters is 1. The van der Waals surface area contributed by atoms with E-state index in [-0.39, 0.29) is 12.8 Å². The fraction of sp³-hybridized carbons (Fsp3) is 0.333. The van der Waals surface area contributed by atoms with E-state index in [1.165, 1.54) is 7.11 Å². The lowest BCUT2D eigenvalue weighted by atomic mass is 9.94. The molecule has 0 fully saturated rings. The Kier molecular flexibility index (Phi) is 10.4. The third kappa shape index (κ3) is 7.61. The molecule has 33 heavy (non-hydrogen) atoms. The molecule has 0 heterocycles. The Labute approximate surface area is 195 Å². The van der Waals surface area contributed by atoms with Crippen LogP contribution >= 0.6 is 0 Å². The highest BCUT2D eigenvalue weighted by atomic mass is 16.5. The summed E-state index contributed by atoms with van der Waals surface area (Å²) in [6.07, 6.45) is 3.70. The van der Waals surface area contributed by atoms with Gasteiger partial charge in [0.05, 0.1) is 26.2 Å². The van der Waals surface area contributed by atoms with Crippen LogP contribution in [0.25, 0.3) is 11.1 Å². The van der Waals surface area contributed by atoms with Crippen LogP contribution in [0.3, 0.4) is 0 Å². The number of benzene rings is 2. The standard InChI is InChI=1S/C27H33NO5/c1-5-7-14-23(29)27(31)28-22(18-25(30)32-4)20-12-10-13-21(17-20)26-19(3)11-9-15-24(26)33-16-8-6-2/h5-6,9-13,15,17,22-23,29H,1-2,7-8,14,16,18H2,3-4H3,(H,28,31)/t22-,23+/m0/s1. The highest BCUT2D eigenvalue weighted by molar-refractivity contribution is 5.82. The Morgan fingerprint density at radius 1 is 1.12 bits per heavy atom. The summed E-state index contributed by atoms with van der Waals surface area (Å²) in [5.74, 6) is -0.251. The molecule has 1 amide bonds. The number of methoxy groups -OCH3 is 1. The van der Waals surface area contributed by atoms with E-state index < -0.39 is 24.0 Å². The Bertz CT molecular complexity index is 969. The smallest absolute Gasteiger partial charge is 0.307 e. The summed E-state index contributed by atoms with van der Waals surface area (Å²) in [7, 11) is 1.30. The van der Waals surface area contributed by atoms with Crippen LogP contribution in [0.5, 0.6) is 5.75 Å². The number of carbonyl (C=O) groups is 2. The molecule has 0 aromatic heterocycles. The first-order valence-corrected chi connectivity index (χ1v) is 11.0. The number of ether oxygens (including phenoxy) is 2. The van der Waals surface area contributed by atoms with Gasteiger partial charge in [0.2, 0.25) is 5.91 Å². The topological polar surface area (TPSA) is 84.9 Å². The predicted octanol–water partition coefficient (Wildman–Crippen LogP) is 4.66. The van der Waals surface area contributed by atoms with E-state index in [0.29, 0.717) is 13.0 Å².